The molecular formula is C12H20N2O3. The second-order valence-corrected chi connectivity index (χ2v) is 5.42. The van der Waals surface area contributed by atoms with Crippen molar-refractivity contribution in [3.8, 4) is 0 Å². The van der Waals surface area contributed by atoms with E-state index in [1.807, 2.05) is 0 Å². The van der Waals surface area contributed by atoms with Crippen LogP contribution < -0.4 is 5.32 Å². The van der Waals surface area contributed by atoms with E-state index in [1.165, 1.54) is 12.8 Å². The molecule has 0 aromatic carbocycles. The number of amides is 2. The van der Waals surface area contributed by atoms with E-state index in [2.05, 4.69) is 5.32 Å². The number of carbonyl (C=O) groups excluding carboxylic acids is 1. The summed E-state index contributed by atoms with van der Waals surface area (Å²) in [6.45, 7) is 1.04. The maximum Gasteiger partial charge on any atom is 0.317 e. The second kappa shape index (κ2) is 4.55. The van der Waals surface area contributed by atoms with Crippen LogP contribution in [-0.4, -0.2) is 42.1 Å². The molecule has 17 heavy (non-hydrogen) atoms. The summed E-state index contributed by atoms with van der Waals surface area (Å²) < 4.78 is 0. The molecule has 0 aromatic heterocycles. The Morgan fingerprint density at radius 3 is 2.47 bits per heavy atom. The third-order valence-electron chi connectivity index (χ3n) is 3.92. The van der Waals surface area contributed by atoms with Crippen LogP contribution in [0.2, 0.25) is 0 Å². The number of carboxylic acid groups (broad SMARTS) is 1. The van der Waals surface area contributed by atoms with Crippen molar-refractivity contribution in [2.45, 2.75) is 32.1 Å². The van der Waals surface area contributed by atoms with Gasteiger partial charge in [0.2, 0.25) is 0 Å². The fourth-order valence-corrected chi connectivity index (χ4v) is 2.22. The Morgan fingerprint density at radius 2 is 2.06 bits per heavy atom. The minimum atomic E-state index is -0.783. The monoisotopic (exact) mass is 240 g/mol. The Balaban J connectivity index is 1.76. The zero-order valence-corrected chi connectivity index (χ0v) is 10.2. The standard InChI is InChI=1S/C12H20N2O3/c1-14(7-9-3-4-9)11(17)13-8-12(10(15)16)5-2-6-12/h9H,2-8H2,1H3,(H,13,17)(H,15,16). The molecule has 2 rings (SSSR count). The Morgan fingerprint density at radius 1 is 1.41 bits per heavy atom. The highest BCUT2D eigenvalue weighted by Gasteiger charge is 2.44. The Bertz CT molecular complexity index is 322. The molecule has 2 aliphatic rings. The number of urea groups is 1. The van der Waals surface area contributed by atoms with E-state index in [4.69, 9.17) is 5.11 Å². The smallest absolute Gasteiger partial charge is 0.317 e. The molecule has 96 valence electrons. The van der Waals surface area contributed by atoms with E-state index >= 15 is 0 Å². The van der Waals surface area contributed by atoms with Gasteiger partial charge in [-0.2, -0.15) is 0 Å². The minimum absolute atomic E-state index is 0.149. The molecule has 2 aliphatic carbocycles. The first-order chi connectivity index (χ1) is 8.03. The van der Waals surface area contributed by atoms with Gasteiger partial charge in [-0.15, -0.1) is 0 Å². The lowest BCUT2D eigenvalue weighted by atomic mass is 9.69. The number of nitrogens with one attached hydrogen (secondary N) is 1. The van der Waals surface area contributed by atoms with Crippen molar-refractivity contribution in [3.63, 3.8) is 0 Å². The maximum atomic E-state index is 11.7. The van der Waals surface area contributed by atoms with E-state index in [0.29, 0.717) is 18.8 Å². The summed E-state index contributed by atoms with van der Waals surface area (Å²) in [7, 11) is 1.77. The highest BCUT2D eigenvalue weighted by Crippen LogP contribution is 2.40. The van der Waals surface area contributed by atoms with Gasteiger partial charge in [-0.05, 0) is 31.6 Å². The number of nitrogens with zero attached hydrogens (tertiary/aromatic N) is 1. The van der Waals surface area contributed by atoms with Crippen molar-refractivity contribution in [1.82, 2.24) is 10.2 Å². The third-order valence-corrected chi connectivity index (χ3v) is 3.92. The van der Waals surface area contributed by atoms with Gasteiger partial charge in [0.1, 0.15) is 0 Å². The molecule has 0 atom stereocenters. The van der Waals surface area contributed by atoms with E-state index in [0.717, 1.165) is 13.0 Å². The molecule has 2 N–H and O–H groups in total. The maximum absolute atomic E-state index is 11.7. The van der Waals surface area contributed by atoms with E-state index in [1.54, 1.807) is 11.9 Å². The van der Waals surface area contributed by atoms with Crippen LogP contribution in [-0.2, 0) is 4.79 Å². The average molecular weight is 240 g/mol. The average Bonchev–Trinajstić information content (AvgIpc) is 2.98. The van der Waals surface area contributed by atoms with Crippen molar-refractivity contribution >= 4 is 12.0 Å². The number of carbonyl (C=O) groups is 2. The lowest BCUT2D eigenvalue weighted by molar-refractivity contribution is -0.153. The van der Waals surface area contributed by atoms with E-state index < -0.39 is 11.4 Å². The lowest BCUT2D eigenvalue weighted by Crippen LogP contribution is -2.50. The molecule has 0 radical (unpaired) electrons. The highest BCUT2D eigenvalue weighted by molar-refractivity contribution is 5.78. The van der Waals surface area contributed by atoms with Crippen molar-refractivity contribution in [2.75, 3.05) is 20.1 Å². The Labute approximate surface area is 101 Å². The fourth-order valence-electron chi connectivity index (χ4n) is 2.22. The quantitative estimate of drug-likeness (QED) is 0.760. The molecule has 0 heterocycles. The molecule has 0 bridgehead atoms. The van der Waals surface area contributed by atoms with Gasteiger partial charge < -0.3 is 15.3 Å². The summed E-state index contributed by atoms with van der Waals surface area (Å²) in [6.07, 6.45) is 4.71. The number of hydrogen-bond acceptors (Lipinski definition) is 2. The molecule has 0 spiro atoms. The van der Waals surface area contributed by atoms with Crippen LogP contribution in [0.3, 0.4) is 0 Å². The van der Waals surface area contributed by atoms with Gasteiger partial charge in [-0.1, -0.05) is 6.42 Å². The molecule has 0 aliphatic heterocycles. The van der Waals surface area contributed by atoms with Crippen molar-refractivity contribution in [1.29, 1.82) is 0 Å². The van der Waals surface area contributed by atoms with Crippen molar-refractivity contribution in [2.24, 2.45) is 11.3 Å². The van der Waals surface area contributed by atoms with Gasteiger partial charge in [0.15, 0.2) is 0 Å². The van der Waals surface area contributed by atoms with Gasteiger partial charge in [0, 0.05) is 20.1 Å². The molecule has 2 saturated carbocycles. The van der Waals surface area contributed by atoms with Crippen LogP contribution in [0.5, 0.6) is 0 Å². The molecular weight excluding hydrogens is 220 g/mol. The molecule has 2 fully saturated rings. The van der Waals surface area contributed by atoms with Gasteiger partial charge in [-0.25, -0.2) is 4.79 Å². The summed E-state index contributed by atoms with van der Waals surface area (Å²) in [5, 5.41) is 11.9. The highest BCUT2D eigenvalue weighted by atomic mass is 16.4. The largest absolute Gasteiger partial charge is 0.481 e. The summed E-state index contributed by atoms with van der Waals surface area (Å²) in [4.78, 5) is 24.5. The molecule has 2 amide bonds. The predicted molar refractivity (Wildman–Crippen MR) is 62.7 cm³/mol. The number of carboxylic acids is 1. The molecule has 5 nitrogen and oxygen atoms in total. The third kappa shape index (κ3) is 2.70. The van der Waals surface area contributed by atoms with Gasteiger partial charge in [-0.3, -0.25) is 4.79 Å². The molecule has 0 aromatic rings. The summed E-state index contributed by atoms with van der Waals surface area (Å²) in [5.41, 5.74) is -0.698. The Kier molecular flexibility index (Phi) is 3.26. The van der Waals surface area contributed by atoms with Gasteiger partial charge >= 0.3 is 12.0 Å². The zero-order valence-electron chi connectivity index (χ0n) is 10.2. The van der Waals surface area contributed by atoms with Crippen LogP contribution >= 0.6 is 0 Å². The van der Waals surface area contributed by atoms with E-state index in [-0.39, 0.29) is 12.6 Å². The van der Waals surface area contributed by atoms with Crippen molar-refractivity contribution < 1.29 is 14.7 Å². The lowest BCUT2D eigenvalue weighted by Gasteiger charge is -2.37. The van der Waals surface area contributed by atoms with Crippen LogP contribution in [0.15, 0.2) is 0 Å². The summed E-state index contributed by atoms with van der Waals surface area (Å²) in [5.74, 6) is -0.128. The number of aliphatic carboxylic acids is 1. The fraction of sp³-hybridized carbons (Fsp3) is 0.833. The summed E-state index contributed by atoms with van der Waals surface area (Å²) in [6, 6.07) is -0.149. The Hall–Kier alpha value is -1.26. The summed E-state index contributed by atoms with van der Waals surface area (Å²) >= 11 is 0. The topological polar surface area (TPSA) is 69.6 Å². The van der Waals surface area contributed by atoms with Gasteiger partial charge in [0.25, 0.3) is 0 Å². The first kappa shape index (κ1) is 12.2. The first-order valence-corrected chi connectivity index (χ1v) is 6.26. The van der Waals surface area contributed by atoms with Crippen molar-refractivity contribution in [3.05, 3.63) is 0 Å². The normalized spacial score (nSPS) is 21.5. The minimum Gasteiger partial charge on any atom is -0.481 e. The number of hydrogen-bond donors (Lipinski definition) is 2. The molecule has 0 saturated heterocycles. The number of rotatable bonds is 5. The molecule has 0 unspecified atom stereocenters. The zero-order chi connectivity index (χ0) is 12.5. The van der Waals surface area contributed by atoms with Crippen LogP contribution in [0, 0.1) is 11.3 Å². The van der Waals surface area contributed by atoms with Crippen LogP contribution in [0.25, 0.3) is 0 Å². The SMILES string of the molecule is CN(CC1CC1)C(=O)NCC1(C(=O)O)CCC1. The van der Waals surface area contributed by atoms with Crippen LogP contribution in [0.4, 0.5) is 4.79 Å². The second-order valence-electron chi connectivity index (χ2n) is 5.42. The van der Waals surface area contributed by atoms with Crippen LogP contribution in [0.1, 0.15) is 32.1 Å². The first-order valence-electron chi connectivity index (χ1n) is 6.26. The molecule has 5 heteroatoms. The van der Waals surface area contributed by atoms with E-state index in [9.17, 15) is 9.59 Å². The van der Waals surface area contributed by atoms with Gasteiger partial charge in [0.05, 0.1) is 5.41 Å². The predicted octanol–water partition coefficient (Wildman–Crippen LogP) is 1.29.